The van der Waals surface area contributed by atoms with Crippen LogP contribution in [0.1, 0.15) is 35.1 Å². The summed E-state index contributed by atoms with van der Waals surface area (Å²) in [7, 11) is 0. The number of aryl methyl sites for hydroxylation is 3. The van der Waals surface area contributed by atoms with Crippen molar-refractivity contribution in [3.05, 3.63) is 82.8 Å². The first kappa shape index (κ1) is 17.9. The second-order valence-electron chi connectivity index (χ2n) is 7.08. The minimum absolute atomic E-state index is 0.652. The fraction of sp³-hybridized carbons (Fsp3) is 0.208. The van der Waals surface area contributed by atoms with Crippen LogP contribution in [-0.4, -0.2) is 14.5 Å². The third-order valence-corrected chi connectivity index (χ3v) is 5.05. The molecule has 2 heterocycles. The topological polar surface area (TPSA) is 54.5 Å². The Morgan fingerprint density at radius 1 is 1.00 bits per heavy atom. The summed E-state index contributed by atoms with van der Waals surface area (Å²) in [6.45, 7) is 6.85. The van der Waals surface area contributed by atoms with Crippen molar-refractivity contribution in [2.75, 3.05) is 0 Å². The highest BCUT2D eigenvalue weighted by Gasteiger charge is 2.14. The molecule has 0 saturated carbocycles. The number of fused-ring (bicyclic) bond motifs is 1. The molecule has 2 aromatic carbocycles. The van der Waals surface area contributed by atoms with E-state index in [-0.39, 0.29) is 0 Å². The SMILES string of the molecule is CCc1nc2c(C)cc(C)nc2n1Cc1ccc(-c2ccccc2)c(C#N)c1. The number of imidazole rings is 1. The van der Waals surface area contributed by atoms with E-state index >= 15 is 0 Å². The van der Waals surface area contributed by atoms with E-state index in [1.165, 1.54) is 0 Å². The van der Waals surface area contributed by atoms with E-state index in [1.807, 2.05) is 49.4 Å². The molecule has 0 atom stereocenters. The van der Waals surface area contributed by atoms with Crippen molar-refractivity contribution in [2.45, 2.75) is 33.7 Å². The molecule has 0 aliphatic heterocycles. The Labute approximate surface area is 165 Å². The van der Waals surface area contributed by atoms with Crippen molar-refractivity contribution < 1.29 is 0 Å². The van der Waals surface area contributed by atoms with Crippen LogP contribution in [0, 0.1) is 25.2 Å². The lowest BCUT2D eigenvalue weighted by Crippen LogP contribution is -2.06. The van der Waals surface area contributed by atoms with Gasteiger partial charge in [-0.2, -0.15) is 5.26 Å². The summed E-state index contributed by atoms with van der Waals surface area (Å²) in [6, 6.07) is 20.6. The van der Waals surface area contributed by atoms with Crippen molar-refractivity contribution in [1.82, 2.24) is 14.5 Å². The van der Waals surface area contributed by atoms with Gasteiger partial charge in [0, 0.05) is 12.1 Å². The van der Waals surface area contributed by atoms with E-state index in [4.69, 9.17) is 9.97 Å². The van der Waals surface area contributed by atoms with E-state index < -0.39 is 0 Å². The molecule has 0 fully saturated rings. The van der Waals surface area contributed by atoms with E-state index in [0.29, 0.717) is 12.1 Å². The van der Waals surface area contributed by atoms with Gasteiger partial charge in [0.25, 0.3) is 0 Å². The minimum atomic E-state index is 0.652. The van der Waals surface area contributed by atoms with Crippen LogP contribution in [0.5, 0.6) is 0 Å². The first-order chi connectivity index (χ1) is 13.6. The summed E-state index contributed by atoms with van der Waals surface area (Å²) in [6.07, 6.45) is 0.835. The smallest absolute Gasteiger partial charge is 0.160 e. The highest BCUT2D eigenvalue weighted by Crippen LogP contribution is 2.26. The number of hydrogen-bond acceptors (Lipinski definition) is 3. The molecule has 0 spiro atoms. The van der Waals surface area contributed by atoms with Crippen LogP contribution >= 0.6 is 0 Å². The summed E-state index contributed by atoms with van der Waals surface area (Å²) < 4.78 is 2.17. The molecule has 0 saturated heterocycles. The molecule has 0 unspecified atom stereocenters. The standard InChI is InChI=1S/C24H22N4/c1-4-22-27-23-16(2)12-17(3)26-24(23)28(22)15-18-10-11-21(20(13-18)14-25)19-8-6-5-7-9-19/h5-13H,4,15H2,1-3H3. The zero-order valence-electron chi connectivity index (χ0n) is 16.4. The van der Waals surface area contributed by atoms with Crippen molar-refractivity contribution in [1.29, 1.82) is 5.26 Å². The maximum atomic E-state index is 9.69. The number of nitrogens with zero attached hydrogens (tertiary/aromatic N) is 4. The van der Waals surface area contributed by atoms with Crippen molar-refractivity contribution >= 4 is 11.2 Å². The van der Waals surface area contributed by atoms with Crippen LogP contribution in [0.15, 0.2) is 54.6 Å². The fourth-order valence-corrected chi connectivity index (χ4v) is 3.72. The highest BCUT2D eigenvalue weighted by atomic mass is 15.1. The maximum absolute atomic E-state index is 9.69. The van der Waals surface area contributed by atoms with E-state index in [1.54, 1.807) is 0 Å². The van der Waals surface area contributed by atoms with E-state index in [9.17, 15) is 5.26 Å². The third kappa shape index (κ3) is 3.16. The fourth-order valence-electron chi connectivity index (χ4n) is 3.72. The summed E-state index contributed by atoms with van der Waals surface area (Å²) in [5.41, 5.74) is 7.80. The Morgan fingerprint density at radius 2 is 1.79 bits per heavy atom. The zero-order chi connectivity index (χ0) is 19.7. The van der Waals surface area contributed by atoms with E-state index in [2.05, 4.69) is 36.6 Å². The lowest BCUT2D eigenvalue weighted by atomic mass is 9.98. The van der Waals surface area contributed by atoms with Crippen LogP contribution in [-0.2, 0) is 13.0 Å². The molecule has 0 N–H and O–H groups in total. The average molecular weight is 366 g/mol. The number of nitriles is 1. The molecule has 4 rings (SSSR count). The quantitative estimate of drug-likeness (QED) is 0.499. The second-order valence-corrected chi connectivity index (χ2v) is 7.08. The lowest BCUT2D eigenvalue weighted by molar-refractivity contribution is 0.745. The van der Waals surface area contributed by atoms with Gasteiger partial charge < -0.3 is 4.57 Å². The Kier molecular flexibility index (Phi) is 4.67. The number of aromatic nitrogens is 3. The summed E-state index contributed by atoms with van der Waals surface area (Å²) >= 11 is 0. The summed E-state index contributed by atoms with van der Waals surface area (Å²) in [4.78, 5) is 9.56. The average Bonchev–Trinajstić information content (AvgIpc) is 3.06. The lowest BCUT2D eigenvalue weighted by Gasteiger charge is -2.11. The highest BCUT2D eigenvalue weighted by molar-refractivity contribution is 5.76. The molecule has 0 bridgehead atoms. The molecule has 2 aromatic heterocycles. The Bertz CT molecular complexity index is 1200. The van der Waals surface area contributed by atoms with Crippen molar-refractivity contribution in [3.63, 3.8) is 0 Å². The minimum Gasteiger partial charge on any atom is -0.308 e. The first-order valence-corrected chi connectivity index (χ1v) is 9.52. The van der Waals surface area contributed by atoms with Crippen molar-refractivity contribution in [3.8, 4) is 17.2 Å². The number of benzene rings is 2. The molecule has 0 radical (unpaired) electrons. The maximum Gasteiger partial charge on any atom is 0.160 e. The van der Waals surface area contributed by atoms with Gasteiger partial charge >= 0.3 is 0 Å². The number of rotatable bonds is 4. The third-order valence-electron chi connectivity index (χ3n) is 5.05. The van der Waals surface area contributed by atoms with Gasteiger partial charge in [0.05, 0.1) is 18.2 Å². The molecular formula is C24H22N4. The molecule has 0 aliphatic carbocycles. The normalized spacial score (nSPS) is 10.9. The van der Waals surface area contributed by atoms with Gasteiger partial charge in [0.2, 0.25) is 0 Å². The van der Waals surface area contributed by atoms with Crippen LogP contribution in [0.25, 0.3) is 22.3 Å². The van der Waals surface area contributed by atoms with E-state index in [0.717, 1.165) is 51.4 Å². The first-order valence-electron chi connectivity index (χ1n) is 9.52. The van der Waals surface area contributed by atoms with Gasteiger partial charge in [-0.05, 0) is 48.2 Å². The monoisotopic (exact) mass is 366 g/mol. The largest absolute Gasteiger partial charge is 0.308 e. The predicted molar refractivity (Wildman–Crippen MR) is 112 cm³/mol. The zero-order valence-corrected chi connectivity index (χ0v) is 16.4. The summed E-state index contributed by atoms with van der Waals surface area (Å²) in [5.74, 6) is 1.02. The predicted octanol–water partition coefficient (Wildman–Crippen LogP) is 5.20. The van der Waals surface area contributed by atoms with Crippen LogP contribution in [0.3, 0.4) is 0 Å². The number of pyridine rings is 1. The van der Waals surface area contributed by atoms with Crippen LogP contribution < -0.4 is 0 Å². The Hall–Kier alpha value is -3.45. The molecule has 0 amide bonds. The van der Waals surface area contributed by atoms with Gasteiger partial charge in [-0.3, -0.25) is 0 Å². The Balaban J connectivity index is 1.79. The molecule has 28 heavy (non-hydrogen) atoms. The summed E-state index contributed by atoms with van der Waals surface area (Å²) in [5, 5.41) is 9.69. The van der Waals surface area contributed by atoms with Gasteiger partial charge in [0.1, 0.15) is 11.3 Å². The molecule has 4 aromatic rings. The van der Waals surface area contributed by atoms with Crippen LogP contribution in [0.4, 0.5) is 0 Å². The molecular weight excluding hydrogens is 344 g/mol. The molecule has 138 valence electrons. The molecule has 4 heteroatoms. The van der Waals surface area contributed by atoms with Gasteiger partial charge in [-0.25, -0.2) is 9.97 Å². The van der Waals surface area contributed by atoms with Crippen LogP contribution in [0.2, 0.25) is 0 Å². The second kappa shape index (κ2) is 7.28. The molecule has 0 aliphatic rings. The number of hydrogen-bond donors (Lipinski definition) is 0. The Morgan fingerprint density at radius 3 is 2.50 bits per heavy atom. The molecule has 4 nitrogen and oxygen atoms in total. The van der Waals surface area contributed by atoms with Crippen molar-refractivity contribution in [2.24, 2.45) is 0 Å². The van der Waals surface area contributed by atoms with Gasteiger partial charge in [0.15, 0.2) is 5.65 Å². The van der Waals surface area contributed by atoms with Gasteiger partial charge in [-0.15, -0.1) is 0 Å². The van der Waals surface area contributed by atoms with Gasteiger partial charge in [-0.1, -0.05) is 49.4 Å².